The number of hydrogen-bond acceptors (Lipinski definition) is 3. The van der Waals surface area contributed by atoms with Gasteiger partial charge in [0.1, 0.15) is 12.4 Å². The molecule has 3 nitrogen and oxygen atoms in total. The van der Waals surface area contributed by atoms with E-state index in [2.05, 4.69) is 4.98 Å². The summed E-state index contributed by atoms with van der Waals surface area (Å²) in [5, 5.41) is 0.664. The van der Waals surface area contributed by atoms with Crippen molar-refractivity contribution in [2.45, 2.75) is 20.1 Å². The molecular formula is C14H15ClN2O. The second-order valence-corrected chi connectivity index (χ2v) is 4.45. The topological polar surface area (TPSA) is 48.1 Å². The lowest BCUT2D eigenvalue weighted by molar-refractivity contribution is 0.297. The number of nitrogens with zero attached hydrogens (tertiary/aromatic N) is 1. The van der Waals surface area contributed by atoms with Gasteiger partial charge in [0.2, 0.25) is 0 Å². The van der Waals surface area contributed by atoms with Gasteiger partial charge < -0.3 is 10.5 Å². The Morgan fingerprint density at radius 2 is 2.17 bits per heavy atom. The summed E-state index contributed by atoms with van der Waals surface area (Å²) in [6, 6.07) is 9.37. The summed E-state index contributed by atoms with van der Waals surface area (Å²) in [5.74, 6) is 0.756. The van der Waals surface area contributed by atoms with Crippen LogP contribution >= 0.6 is 11.6 Å². The first-order valence-electron chi connectivity index (χ1n) is 5.72. The standard InChI is InChI=1S/C14H15ClN2O/c1-10-3-2-6-17-13(10)9-18-14-5-4-12(15)7-11(14)8-16/h2-7H,8-9,16H2,1H3. The van der Waals surface area contributed by atoms with Crippen molar-refractivity contribution in [2.75, 3.05) is 0 Å². The van der Waals surface area contributed by atoms with E-state index in [1.54, 1.807) is 12.3 Å². The molecule has 1 aromatic carbocycles. The molecule has 1 heterocycles. The van der Waals surface area contributed by atoms with Crippen molar-refractivity contribution in [3.63, 3.8) is 0 Å². The lowest BCUT2D eigenvalue weighted by Crippen LogP contribution is -2.04. The van der Waals surface area contributed by atoms with Gasteiger partial charge in [-0.2, -0.15) is 0 Å². The first kappa shape index (κ1) is 12.9. The average molecular weight is 263 g/mol. The Kier molecular flexibility index (Phi) is 4.18. The predicted octanol–water partition coefficient (Wildman–Crippen LogP) is 3.08. The van der Waals surface area contributed by atoms with E-state index < -0.39 is 0 Å². The van der Waals surface area contributed by atoms with Crippen LogP contribution in [0.15, 0.2) is 36.5 Å². The Hall–Kier alpha value is -1.58. The van der Waals surface area contributed by atoms with Gasteiger partial charge in [0.25, 0.3) is 0 Å². The molecule has 0 aliphatic carbocycles. The van der Waals surface area contributed by atoms with Gasteiger partial charge in [0, 0.05) is 23.3 Å². The Morgan fingerprint density at radius 1 is 1.33 bits per heavy atom. The van der Waals surface area contributed by atoms with Gasteiger partial charge in [-0.15, -0.1) is 0 Å². The minimum atomic E-state index is 0.400. The quantitative estimate of drug-likeness (QED) is 0.921. The minimum absolute atomic E-state index is 0.400. The van der Waals surface area contributed by atoms with Crippen molar-refractivity contribution in [1.29, 1.82) is 0 Å². The predicted molar refractivity (Wildman–Crippen MR) is 72.6 cm³/mol. The zero-order valence-electron chi connectivity index (χ0n) is 10.2. The Balaban J connectivity index is 2.13. The van der Waals surface area contributed by atoms with Crippen molar-refractivity contribution < 1.29 is 4.74 Å². The van der Waals surface area contributed by atoms with Crippen molar-refractivity contribution >= 4 is 11.6 Å². The van der Waals surface area contributed by atoms with Crippen LogP contribution in [0.5, 0.6) is 5.75 Å². The van der Waals surface area contributed by atoms with Crippen molar-refractivity contribution in [2.24, 2.45) is 5.73 Å². The van der Waals surface area contributed by atoms with Gasteiger partial charge >= 0.3 is 0 Å². The Labute approximate surface area is 112 Å². The van der Waals surface area contributed by atoms with Crippen LogP contribution in [0.2, 0.25) is 5.02 Å². The van der Waals surface area contributed by atoms with Crippen LogP contribution in [0.4, 0.5) is 0 Å². The fraction of sp³-hybridized carbons (Fsp3) is 0.214. The molecule has 4 heteroatoms. The summed E-state index contributed by atoms with van der Waals surface area (Å²) in [7, 11) is 0. The molecule has 0 radical (unpaired) electrons. The van der Waals surface area contributed by atoms with Crippen molar-refractivity contribution in [3.05, 3.63) is 58.4 Å². The number of hydrogen-bond donors (Lipinski definition) is 1. The maximum absolute atomic E-state index is 5.91. The van der Waals surface area contributed by atoms with Gasteiger partial charge in [-0.3, -0.25) is 4.98 Å². The molecule has 18 heavy (non-hydrogen) atoms. The zero-order chi connectivity index (χ0) is 13.0. The summed E-state index contributed by atoms with van der Waals surface area (Å²) in [4.78, 5) is 4.28. The van der Waals surface area contributed by atoms with Crippen LogP contribution in [0.25, 0.3) is 0 Å². The van der Waals surface area contributed by atoms with E-state index in [0.717, 1.165) is 22.6 Å². The molecule has 0 spiro atoms. The maximum atomic E-state index is 5.91. The monoisotopic (exact) mass is 262 g/mol. The number of halogens is 1. The first-order chi connectivity index (χ1) is 8.70. The zero-order valence-corrected chi connectivity index (χ0v) is 10.9. The molecule has 0 bridgehead atoms. The number of aromatic nitrogens is 1. The fourth-order valence-corrected chi connectivity index (χ4v) is 1.86. The summed E-state index contributed by atoms with van der Waals surface area (Å²) in [6.45, 7) is 2.84. The normalized spacial score (nSPS) is 10.4. The van der Waals surface area contributed by atoms with Gasteiger partial charge in [0.05, 0.1) is 5.69 Å². The molecule has 0 unspecified atom stereocenters. The third-order valence-corrected chi connectivity index (χ3v) is 2.96. The van der Waals surface area contributed by atoms with Crippen LogP contribution in [0.1, 0.15) is 16.8 Å². The van der Waals surface area contributed by atoms with Crippen LogP contribution in [-0.2, 0) is 13.2 Å². The van der Waals surface area contributed by atoms with Crippen LogP contribution in [0.3, 0.4) is 0 Å². The molecule has 0 fully saturated rings. The number of rotatable bonds is 4. The Bertz CT molecular complexity index is 543. The van der Waals surface area contributed by atoms with Gasteiger partial charge in [-0.1, -0.05) is 17.7 Å². The van der Waals surface area contributed by atoms with Gasteiger partial charge in [0.15, 0.2) is 0 Å². The molecule has 94 valence electrons. The van der Waals surface area contributed by atoms with Crippen LogP contribution in [-0.4, -0.2) is 4.98 Å². The Morgan fingerprint density at radius 3 is 2.89 bits per heavy atom. The van der Waals surface area contributed by atoms with E-state index in [1.807, 2.05) is 31.2 Å². The van der Waals surface area contributed by atoms with Gasteiger partial charge in [-0.05, 0) is 36.8 Å². The van der Waals surface area contributed by atoms with Crippen molar-refractivity contribution in [1.82, 2.24) is 4.98 Å². The smallest absolute Gasteiger partial charge is 0.130 e. The number of aryl methyl sites for hydroxylation is 1. The molecule has 2 rings (SSSR count). The van der Waals surface area contributed by atoms with E-state index >= 15 is 0 Å². The van der Waals surface area contributed by atoms with E-state index in [9.17, 15) is 0 Å². The lowest BCUT2D eigenvalue weighted by atomic mass is 10.2. The molecule has 0 saturated carbocycles. The molecule has 0 saturated heterocycles. The second kappa shape index (κ2) is 5.85. The lowest BCUT2D eigenvalue weighted by Gasteiger charge is -2.11. The number of benzene rings is 1. The molecule has 2 N–H and O–H groups in total. The maximum Gasteiger partial charge on any atom is 0.130 e. The van der Waals surface area contributed by atoms with Gasteiger partial charge in [-0.25, -0.2) is 0 Å². The highest BCUT2D eigenvalue weighted by atomic mass is 35.5. The summed E-state index contributed by atoms with van der Waals surface area (Å²) >= 11 is 5.91. The molecule has 0 amide bonds. The van der Waals surface area contributed by atoms with E-state index in [0.29, 0.717) is 18.2 Å². The van der Waals surface area contributed by atoms with E-state index in [-0.39, 0.29) is 0 Å². The average Bonchev–Trinajstić information content (AvgIpc) is 2.39. The number of nitrogens with two attached hydrogens (primary N) is 1. The van der Waals surface area contributed by atoms with E-state index in [4.69, 9.17) is 22.1 Å². The first-order valence-corrected chi connectivity index (χ1v) is 6.10. The highest BCUT2D eigenvalue weighted by Gasteiger charge is 2.05. The SMILES string of the molecule is Cc1cccnc1COc1ccc(Cl)cc1CN. The van der Waals surface area contributed by atoms with Crippen LogP contribution in [0, 0.1) is 6.92 Å². The molecule has 2 aromatic rings. The molecule has 0 aliphatic heterocycles. The largest absolute Gasteiger partial charge is 0.487 e. The third-order valence-electron chi connectivity index (χ3n) is 2.72. The fourth-order valence-electron chi connectivity index (χ4n) is 1.66. The highest BCUT2D eigenvalue weighted by Crippen LogP contribution is 2.23. The minimum Gasteiger partial charge on any atom is -0.487 e. The summed E-state index contributed by atoms with van der Waals surface area (Å²) in [5.41, 5.74) is 8.60. The number of ether oxygens (including phenoxy) is 1. The summed E-state index contributed by atoms with van der Waals surface area (Å²) < 4.78 is 5.75. The molecule has 0 aliphatic rings. The third kappa shape index (κ3) is 3.00. The van der Waals surface area contributed by atoms with Crippen molar-refractivity contribution in [3.8, 4) is 5.75 Å². The second-order valence-electron chi connectivity index (χ2n) is 4.01. The number of pyridine rings is 1. The molecule has 1 aromatic heterocycles. The molecule has 0 atom stereocenters. The highest BCUT2D eigenvalue weighted by molar-refractivity contribution is 6.30. The van der Waals surface area contributed by atoms with Crippen LogP contribution < -0.4 is 10.5 Å². The molecular weight excluding hydrogens is 248 g/mol. The van der Waals surface area contributed by atoms with E-state index in [1.165, 1.54) is 0 Å². The summed E-state index contributed by atoms with van der Waals surface area (Å²) in [6.07, 6.45) is 1.76.